The van der Waals surface area contributed by atoms with Crippen molar-refractivity contribution in [3.8, 4) is 0 Å². The van der Waals surface area contributed by atoms with E-state index in [1.807, 2.05) is 6.92 Å². The molecule has 0 aliphatic heterocycles. The number of hydrogen-bond donors (Lipinski definition) is 1. The Bertz CT molecular complexity index is 149. The monoisotopic (exact) mass is 199 g/mol. The lowest BCUT2D eigenvalue weighted by atomic mass is 10.1. The molecule has 3 unspecified atom stereocenters. The van der Waals surface area contributed by atoms with E-state index in [0.29, 0.717) is 6.42 Å². The summed E-state index contributed by atoms with van der Waals surface area (Å²) in [6.07, 6.45) is -6.02. The van der Waals surface area contributed by atoms with Gasteiger partial charge in [-0.2, -0.15) is 13.2 Å². The molecule has 0 aromatic carbocycles. The molecule has 13 heavy (non-hydrogen) atoms. The number of nitrogens with two attached hydrogens (primary N) is 1. The molecule has 0 saturated heterocycles. The number of hydrogen-bond acceptors (Lipinski definition) is 2. The predicted octanol–water partition coefficient (Wildman–Crippen LogP) is 2.08. The second kappa shape index (κ2) is 4.81. The van der Waals surface area contributed by atoms with Crippen molar-refractivity contribution in [3.05, 3.63) is 0 Å². The highest BCUT2D eigenvalue weighted by Gasteiger charge is 2.38. The molecule has 0 heterocycles. The second-order valence-corrected chi connectivity index (χ2v) is 3.10. The Labute approximate surface area is 76.2 Å². The fraction of sp³-hybridized carbons (Fsp3) is 1.00. The smallest absolute Gasteiger partial charge is 0.365 e. The van der Waals surface area contributed by atoms with Crippen LogP contribution in [0.25, 0.3) is 0 Å². The average molecular weight is 199 g/mol. The lowest BCUT2D eigenvalue weighted by Gasteiger charge is -2.24. The first-order valence-electron chi connectivity index (χ1n) is 4.26. The van der Waals surface area contributed by atoms with E-state index >= 15 is 0 Å². The molecular weight excluding hydrogens is 183 g/mol. The molecule has 5 heteroatoms. The zero-order chi connectivity index (χ0) is 10.6. The topological polar surface area (TPSA) is 35.2 Å². The minimum atomic E-state index is -4.30. The van der Waals surface area contributed by atoms with Crippen LogP contribution in [0.15, 0.2) is 0 Å². The summed E-state index contributed by atoms with van der Waals surface area (Å²) in [7, 11) is 0. The lowest BCUT2D eigenvalue weighted by Crippen LogP contribution is -2.40. The van der Waals surface area contributed by atoms with Crippen LogP contribution >= 0.6 is 0 Å². The molecule has 0 rings (SSSR count). The predicted molar refractivity (Wildman–Crippen MR) is 44.3 cm³/mol. The van der Waals surface area contributed by atoms with E-state index in [1.54, 1.807) is 6.92 Å². The molecule has 0 radical (unpaired) electrons. The van der Waals surface area contributed by atoms with Gasteiger partial charge >= 0.3 is 6.18 Å². The van der Waals surface area contributed by atoms with E-state index in [4.69, 9.17) is 10.5 Å². The Morgan fingerprint density at radius 1 is 1.31 bits per heavy atom. The standard InChI is InChI=1S/C8H16F3NO/c1-4-7(12)5(2)13-6(3)8(9,10)11/h5-7H,4,12H2,1-3H3. The minimum absolute atomic E-state index is 0.343. The highest BCUT2D eigenvalue weighted by molar-refractivity contribution is 4.71. The van der Waals surface area contributed by atoms with Gasteiger partial charge in [0.1, 0.15) is 0 Å². The molecule has 2 N–H and O–H groups in total. The number of halogens is 3. The Morgan fingerprint density at radius 2 is 1.77 bits per heavy atom. The van der Waals surface area contributed by atoms with E-state index in [-0.39, 0.29) is 6.04 Å². The molecule has 0 saturated carbocycles. The zero-order valence-corrected chi connectivity index (χ0v) is 8.06. The summed E-state index contributed by atoms with van der Waals surface area (Å²) in [6.45, 7) is 4.35. The van der Waals surface area contributed by atoms with Gasteiger partial charge in [0.15, 0.2) is 6.10 Å². The van der Waals surface area contributed by atoms with E-state index in [1.165, 1.54) is 0 Å². The number of alkyl halides is 3. The maximum absolute atomic E-state index is 12.0. The van der Waals surface area contributed by atoms with Crippen molar-refractivity contribution >= 4 is 0 Å². The largest absolute Gasteiger partial charge is 0.414 e. The molecule has 0 spiro atoms. The van der Waals surface area contributed by atoms with Gasteiger partial charge in [-0.15, -0.1) is 0 Å². The first-order valence-corrected chi connectivity index (χ1v) is 4.26. The van der Waals surface area contributed by atoms with Crippen molar-refractivity contribution in [2.75, 3.05) is 0 Å². The lowest BCUT2D eigenvalue weighted by molar-refractivity contribution is -0.226. The summed E-state index contributed by atoms with van der Waals surface area (Å²) in [6, 6.07) is -0.343. The van der Waals surface area contributed by atoms with Gasteiger partial charge in [0.2, 0.25) is 0 Å². The van der Waals surface area contributed by atoms with Gasteiger partial charge < -0.3 is 10.5 Å². The first-order chi connectivity index (χ1) is 5.79. The number of ether oxygens (including phenoxy) is 1. The minimum Gasteiger partial charge on any atom is -0.365 e. The highest BCUT2D eigenvalue weighted by atomic mass is 19.4. The molecule has 80 valence electrons. The van der Waals surface area contributed by atoms with Crippen molar-refractivity contribution in [2.45, 2.75) is 51.6 Å². The second-order valence-electron chi connectivity index (χ2n) is 3.10. The molecule has 0 aliphatic rings. The summed E-state index contributed by atoms with van der Waals surface area (Å²) < 4.78 is 40.8. The van der Waals surface area contributed by atoms with Crippen LogP contribution < -0.4 is 5.73 Å². The maximum atomic E-state index is 12.0. The van der Waals surface area contributed by atoms with Crippen molar-refractivity contribution in [1.82, 2.24) is 0 Å². The summed E-state index contributed by atoms with van der Waals surface area (Å²) in [5.41, 5.74) is 5.52. The van der Waals surface area contributed by atoms with Gasteiger partial charge in [0, 0.05) is 6.04 Å². The van der Waals surface area contributed by atoms with E-state index in [9.17, 15) is 13.2 Å². The third-order valence-electron chi connectivity index (χ3n) is 1.95. The van der Waals surface area contributed by atoms with Crippen molar-refractivity contribution in [3.63, 3.8) is 0 Å². The van der Waals surface area contributed by atoms with Crippen molar-refractivity contribution in [2.24, 2.45) is 5.73 Å². The normalized spacial score (nSPS) is 19.6. The quantitative estimate of drug-likeness (QED) is 0.752. The summed E-state index contributed by atoms with van der Waals surface area (Å²) >= 11 is 0. The van der Waals surface area contributed by atoms with Gasteiger partial charge in [-0.05, 0) is 20.3 Å². The molecule has 0 aromatic rings. The van der Waals surface area contributed by atoms with Crippen LogP contribution in [-0.4, -0.2) is 24.4 Å². The highest BCUT2D eigenvalue weighted by Crippen LogP contribution is 2.23. The van der Waals surface area contributed by atoms with Crippen molar-refractivity contribution < 1.29 is 17.9 Å². The first kappa shape index (κ1) is 12.7. The fourth-order valence-corrected chi connectivity index (χ4v) is 0.832. The molecule has 0 aromatic heterocycles. The SMILES string of the molecule is CCC(N)C(C)OC(C)C(F)(F)F. The van der Waals surface area contributed by atoms with Crippen LogP contribution in [0, 0.1) is 0 Å². The van der Waals surface area contributed by atoms with Crippen LogP contribution in [-0.2, 0) is 4.74 Å². The molecular formula is C8H16F3NO. The van der Waals surface area contributed by atoms with Gasteiger partial charge in [-0.1, -0.05) is 6.92 Å². The van der Waals surface area contributed by atoms with E-state index in [0.717, 1.165) is 6.92 Å². The van der Waals surface area contributed by atoms with Crippen molar-refractivity contribution in [1.29, 1.82) is 0 Å². The summed E-state index contributed by atoms with van der Waals surface area (Å²) in [5.74, 6) is 0. The molecule has 0 amide bonds. The van der Waals surface area contributed by atoms with E-state index < -0.39 is 18.4 Å². The third-order valence-corrected chi connectivity index (χ3v) is 1.95. The Hall–Kier alpha value is -0.290. The Morgan fingerprint density at radius 3 is 2.08 bits per heavy atom. The molecule has 3 atom stereocenters. The third kappa shape index (κ3) is 4.47. The summed E-state index contributed by atoms with van der Waals surface area (Å²) in [5, 5.41) is 0. The van der Waals surface area contributed by atoms with Gasteiger partial charge in [0.05, 0.1) is 6.10 Å². The van der Waals surface area contributed by atoms with Crippen LogP contribution in [0.3, 0.4) is 0 Å². The molecule has 2 nitrogen and oxygen atoms in total. The van der Waals surface area contributed by atoms with Gasteiger partial charge in [-0.25, -0.2) is 0 Å². The average Bonchev–Trinajstić information content (AvgIpc) is 2.01. The number of rotatable bonds is 4. The summed E-state index contributed by atoms with van der Waals surface area (Å²) in [4.78, 5) is 0. The van der Waals surface area contributed by atoms with Crippen LogP contribution in [0.2, 0.25) is 0 Å². The van der Waals surface area contributed by atoms with Crippen LogP contribution in [0.5, 0.6) is 0 Å². The van der Waals surface area contributed by atoms with Gasteiger partial charge in [-0.3, -0.25) is 0 Å². The van der Waals surface area contributed by atoms with Crippen LogP contribution in [0.1, 0.15) is 27.2 Å². The fourth-order valence-electron chi connectivity index (χ4n) is 0.832. The van der Waals surface area contributed by atoms with E-state index in [2.05, 4.69) is 0 Å². The van der Waals surface area contributed by atoms with Gasteiger partial charge in [0.25, 0.3) is 0 Å². The zero-order valence-electron chi connectivity index (χ0n) is 8.06. The molecule has 0 aliphatic carbocycles. The Balaban J connectivity index is 3.98. The molecule has 0 bridgehead atoms. The maximum Gasteiger partial charge on any atom is 0.414 e. The Kier molecular flexibility index (Phi) is 4.70. The van der Waals surface area contributed by atoms with Crippen LogP contribution in [0.4, 0.5) is 13.2 Å². The molecule has 0 fully saturated rings.